The van der Waals surface area contributed by atoms with Crippen molar-refractivity contribution in [1.29, 1.82) is 0 Å². The predicted molar refractivity (Wildman–Crippen MR) is 49.7 cm³/mol. The summed E-state index contributed by atoms with van der Waals surface area (Å²) in [5.74, 6) is 0.0420. The number of hydrogen-bond acceptors (Lipinski definition) is 3. The third kappa shape index (κ3) is 1.51. The summed E-state index contributed by atoms with van der Waals surface area (Å²) in [6.07, 6.45) is 1.58. The van der Waals surface area contributed by atoms with Crippen molar-refractivity contribution in [2.45, 2.75) is 0 Å². The van der Waals surface area contributed by atoms with Crippen molar-refractivity contribution in [2.24, 2.45) is 0 Å². The molecule has 0 atom stereocenters. The lowest BCUT2D eigenvalue weighted by molar-refractivity contribution is 0.107. The third-order valence-electron chi connectivity index (χ3n) is 1.66. The zero-order valence-electron chi connectivity index (χ0n) is 6.57. The molecule has 0 radical (unpaired) electrons. The van der Waals surface area contributed by atoms with Gasteiger partial charge in [-0.15, -0.1) is 0 Å². The lowest BCUT2D eigenvalue weighted by Gasteiger charge is -1.96. The zero-order valence-corrected chi connectivity index (χ0v) is 7.32. The molecule has 4 heteroatoms. The van der Waals surface area contributed by atoms with Crippen LogP contribution in [0.3, 0.4) is 0 Å². The van der Waals surface area contributed by atoms with E-state index < -0.39 is 5.24 Å². The van der Waals surface area contributed by atoms with E-state index in [1.54, 1.807) is 12.3 Å². The van der Waals surface area contributed by atoms with Crippen molar-refractivity contribution in [3.05, 3.63) is 36.3 Å². The summed E-state index contributed by atoms with van der Waals surface area (Å²) >= 11 is 5.24. The molecule has 0 aliphatic rings. The van der Waals surface area contributed by atoms with Crippen LogP contribution in [0.25, 0.3) is 10.9 Å². The summed E-state index contributed by atoms with van der Waals surface area (Å²) in [7, 11) is 0. The van der Waals surface area contributed by atoms with Crippen LogP contribution in [0.1, 0.15) is 10.6 Å². The van der Waals surface area contributed by atoms with Gasteiger partial charge in [0.05, 0.1) is 5.52 Å². The maximum Gasteiger partial charge on any atom is 0.289 e. The second kappa shape index (κ2) is 3.11. The van der Waals surface area contributed by atoms with E-state index in [2.05, 4.69) is 9.97 Å². The minimum absolute atomic E-state index is 0.0420. The van der Waals surface area contributed by atoms with Crippen LogP contribution in [-0.2, 0) is 0 Å². The SMILES string of the molecule is O=C(Cl)c1ncc2ccccc2n1. The molecule has 3 nitrogen and oxygen atoms in total. The lowest BCUT2D eigenvalue weighted by atomic mass is 10.2. The normalized spacial score (nSPS) is 10.2. The second-order valence-corrected chi connectivity index (χ2v) is 2.87. The summed E-state index contributed by atoms with van der Waals surface area (Å²) in [4.78, 5) is 18.5. The van der Waals surface area contributed by atoms with Gasteiger partial charge < -0.3 is 0 Å². The first-order valence-corrected chi connectivity index (χ1v) is 4.07. The molecule has 1 aromatic carbocycles. The molecule has 0 amide bonds. The summed E-state index contributed by atoms with van der Waals surface area (Å²) < 4.78 is 0. The van der Waals surface area contributed by atoms with E-state index in [-0.39, 0.29) is 5.82 Å². The number of carbonyl (C=O) groups is 1. The topological polar surface area (TPSA) is 42.9 Å². The molecular formula is C9H5ClN2O. The molecule has 0 N–H and O–H groups in total. The maximum absolute atomic E-state index is 10.7. The second-order valence-electron chi connectivity index (χ2n) is 2.53. The molecule has 0 aliphatic heterocycles. The summed E-state index contributed by atoms with van der Waals surface area (Å²) in [6.45, 7) is 0. The molecule has 0 aliphatic carbocycles. The molecule has 0 spiro atoms. The number of aromatic nitrogens is 2. The molecule has 1 heterocycles. The lowest BCUT2D eigenvalue weighted by Crippen LogP contribution is -1.97. The Morgan fingerprint density at radius 2 is 2.08 bits per heavy atom. The Bertz CT molecular complexity index is 470. The number of nitrogens with zero attached hydrogens (tertiary/aromatic N) is 2. The minimum Gasteiger partial charge on any atom is -0.272 e. The summed E-state index contributed by atoms with van der Waals surface area (Å²) in [5.41, 5.74) is 0.724. The molecule has 2 rings (SSSR count). The fraction of sp³-hybridized carbons (Fsp3) is 0. The Hall–Kier alpha value is -1.48. The number of para-hydroxylation sites is 1. The van der Waals surface area contributed by atoms with Crippen molar-refractivity contribution in [3.8, 4) is 0 Å². The van der Waals surface area contributed by atoms with Crippen molar-refractivity contribution >= 4 is 27.7 Å². The van der Waals surface area contributed by atoms with Gasteiger partial charge in [-0.2, -0.15) is 0 Å². The fourth-order valence-corrected chi connectivity index (χ4v) is 1.16. The molecule has 13 heavy (non-hydrogen) atoms. The Balaban J connectivity index is 2.69. The number of rotatable bonds is 1. The number of carbonyl (C=O) groups excluding carboxylic acids is 1. The smallest absolute Gasteiger partial charge is 0.272 e. The van der Waals surface area contributed by atoms with Gasteiger partial charge in [-0.25, -0.2) is 9.97 Å². The van der Waals surface area contributed by atoms with Crippen LogP contribution >= 0.6 is 11.6 Å². The third-order valence-corrected chi connectivity index (χ3v) is 1.83. The van der Waals surface area contributed by atoms with E-state index in [9.17, 15) is 4.79 Å². The van der Waals surface area contributed by atoms with Gasteiger partial charge in [0, 0.05) is 11.6 Å². The maximum atomic E-state index is 10.7. The molecule has 0 fully saturated rings. The molecule has 2 aromatic rings. The van der Waals surface area contributed by atoms with Crippen LogP contribution in [-0.4, -0.2) is 15.2 Å². The number of fused-ring (bicyclic) bond motifs is 1. The quantitative estimate of drug-likeness (QED) is 0.650. The average Bonchev–Trinajstić information content (AvgIpc) is 2.17. The Labute approximate surface area is 79.4 Å². The van der Waals surface area contributed by atoms with E-state index in [4.69, 9.17) is 11.6 Å². The Morgan fingerprint density at radius 3 is 2.85 bits per heavy atom. The fourth-order valence-electron chi connectivity index (χ4n) is 1.07. The van der Waals surface area contributed by atoms with Crippen LogP contribution in [0.15, 0.2) is 30.5 Å². The predicted octanol–water partition coefficient (Wildman–Crippen LogP) is 2.01. The van der Waals surface area contributed by atoms with E-state index in [0.29, 0.717) is 0 Å². The highest BCUT2D eigenvalue weighted by Gasteiger charge is 2.05. The zero-order chi connectivity index (χ0) is 9.26. The van der Waals surface area contributed by atoms with Gasteiger partial charge in [-0.3, -0.25) is 4.79 Å². The van der Waals surface area contributed by atoms with Gasteiger partial charge in [-0.05, 0) is 17.7 Å². The molecule has 64 valence electrons. The van der Waals surface area contributed by atoms with E-state index >= 15 is 0 Å². The number of benzene rings is 1. The van der Waals surface area contributed by atoms with E-state index in [1.165, 1.54) is 0 Å². The molecule has 0 saturated heterocycles. The van der Waals surface area contributed by atoms with Gasteiger partial charge >= 0.3 is 0 Å². The molecule has 0 saturated carbocycles. The first kappa shape index (κ1) is 8.13. The molecule has 0 unspecified atom stereocenters. The van der Waals surface area contributed by atoms with Crippen LogP contribution in [0, 0.1) is 0 Å². The standard InChI is InChI=1S/C9H5ClN2O/c10-8(13)9-11-5-6-3-1-2-4-7(6)12-9/h1-5H. The van der Waals surface area contributed by atoms with Crippen LogP contribution in [0.2, 0.25) is 0 Å². The minimum atomic E-state index is -0.634. The van der Waals surface area contributed by atoms with E-state index in [0.717, 1.165) is 10.9 Å². The van der Waals surface area contributed by atoms with E-state index in [1.807, 2.05) is 18.2 Å². The average molecular weight is 193 g/mol. The summed E-state index contributed by atoms with van der Waals surface area (Å²) in [5, 5.41) is 0.259. The molecular weight excluding hydrogens is 188 g/mol. The van der Waals surface area contributed by atoms with Gasteiger partial charge in [0.1, 0.15) is 0 Å². The molecule has 1 aromatic heterocycles. The first-order valence-electron chi connectivity index (χ1n) is 3.69. The Kier molecular flexibility index (Phi) is 1.94. The van der Waals surface area contributed by atoms with Gasteiger partial charge in [0.15, 0.2) is 0 Å². The summed E-state index contributed by atoms with van der Waals surface area (Å²) in [6, 6.07) is 7.41. The van der Waals surface area contributed by atoms with Crippen molar-refractivity contribution < 1.29 is 4.79 Å². The van der Waals surface area contributed by atoms with Crippen molar-refractivity contribution in [2.75, 3.05) is 0 Å². The molecule has 0 bridgehead atoms. The van der Waals surface area contributed by atoms with Crippen LogP contribution in [0.5, 0.6) is 0 Å². The first-order chi connectivity index (χ1) is 6.27. The largest absolute Gasteiger partial charge is 0.289 e. The van der Waals surface area contributed by atoms with Gasteiger partial charge in [0.2, 0.25) is 5.82 Å². The Morgan fingerprint density at radius 1 is 1.31 bits per heavy atom. The van der Waals surface area contributed by atoms with Crippen LogP contribution < -0.4 is 0 Å². The van der Waals surface area contributed by atoms with Crippen molar-refractivity contribution in [1.82, 2.24) is 9.97 Å². The monoisotopic (exact) mass is 192 g/mol. The van der Waals surface area contributed by atoms with Gasteiger partial charge in [0.25, 0.3) is 5.24 Å². The van der Waals surface area contributed by atoms with Crippen LogP contribution in [0.4, 0.5) is 0 Å². The number of halogens is 1. The highest BCUT2D eigenvalue weighted by Crippen LogP contribution is 2.10. The highest BCUT2D eigenvalue weighted by molar-refractivity contribution is 6.67. The van der Waals surface area contributed by atoms with Crippen molar-refractivity contribution in [3.63, 3.8) is 0 Å². The van der Waals surface area contributed by atoms with Gasteiger partial charge in [-0.1, -0.05) is 18.2 Å². The highest BCUT2D eigenvalue weighted by atomic mass is 35.5. The number of hydrogen-bond donors (Lipinski definition) is 0.